The largest absolute Gasteiger partial charge is 0.385 e. The molecule has 2 atom stereocenters. The molecule has 4 aromatic rings. The summed E-state index contributed by atoms with van der Waals surface area (Å²) in [6.45, 7) is 4.62. The molecule has 2 aromatic carbocycles. The molecule has 0 saturated carbocycles. The highest BCUT2D eigenvalue weighted by Crippen LogP contribution is 2.36. The molecular weight excluding hydrogens is 547 g/mol. The molecule has 0 radical (unpaired) electrons. The number of rotatable bonds is 11. The van der Waals surface area contributed by atoms with Gasteiger partial charge in [0, 0.05) is 81.7 Å². The van der Waals surface area contributed by atoms with Crippen molar-refractivity contribution in [3.63, 3.8) is 0 Å². The quantitative estimate of drug-likeness (QED) is 0.245. The van der Waals surface area contributed by atoms with E-state index in [1.54, 1.807) is 30.3 Å². The molecule has 0 aliphatic carbocycles. The highest BCUT2D eigenvalue weighted by atomic mass is 19.1. The molecule has 1 fully saturated rings. The highest BCUT2D eigenvalue weighted by molar-refractivity contribution is 6.02. The van der Waals surface area contributed by atoms with E-state index in [0.717, 1.165) is 41.5 Å². The monoisotopic (exact) mass is 588 g/mol. The molecule has 3 heterocycles. The van der Waals surface area contributed by atoms with Crippen LogP contribution in [0.5, 0.6) is 0 Å². The van der Waals surface area contributed by atoms with Gasteiger partial charge in [0.15, 0.2) is 0 Å². The van der Waals surface area contributed by atoms with Crippen molar-refractivity contribution in [2.75, 3.05) is 32.1 Å². The molecule has 0 spiro atoms. The third-order valence-corrected chi connectivity index (χ3v) is 8.31. The Morgan fingerprint density at radius 3 is 2.72 bits per heavy atom. The van der Waals surface area contributed by atoms with Gasteiger partial charge in [0.05, 0.1) is 11.8 Å². The predicted octanol–water partition coefficient (Wildman–Crippen LogP) is 4.78. The minimum atomic E-state index is -0.335. The number of nitrogens with two attached hydrogens (primary N) is 1. The number of para-hydroxylation sites is 1. The van der Waals surface area contributed by atoms with E-state index in [4.69, 9.17) is 10.5 Å². The molecule has 9 nitrogen and oxygen atoms in total. The van der Waals surface area contributed by atoms with Gasteiger partial charge in [-0.05, 0) is 61.9 Å². The number of ether oxygens (including phenoxy) is 1. The minimum absolute atomic E-state index is 0.0438. The number of aryl methyl sites for hydroxylation is 3. The van der Waals surface area contributed by atoms with Gasteiger partial charge in [0.2, 0.25) is 5.91 Å². The smallest absolute Gasteiger partial charge is 0.275 e. The fourth-order valence-electron chi connectivity index (χ4n) is 6.28. The van der Waals surface area contributed by atoms with Crippen LogP contribution in [0.4, 0.5) is 10.1 Å². The first-order valence-electron chi connectivity index (χ1n) is 14.9. The van der Waals surface area contributed by atoms with Gasteiger partial charge in [-0.25, -0.2) is 9.37 Å². The lowest BCUT2D eigenvalue weighted by Gasteiger charge is -2.34. The maximum absolute atomic E-state index is 15.0. The van der Waals surface area contributed by atoms with Crippen LogP contribution in [0, 0.1) is 12.7 Å². The Labute approximate surface area is 251 Å². The highest BCUT2D eigenvalue weighted by Gasteiger charge is 2.30. The van der Waals surface area contributed by atoms with Crippen LogP contribution in [0.15, 0.2) is 55.0 Å². The van der Waals surface area contributed by atoms with Crippen LogP contribution in [0.25, 0.3) is 10.9 Å². The third kappa shape index (κ3) is 6.97. The maximum Gasteiger partial charge on any atom is 0.275 e. The van der Waals surface area contributed by atoms with Gasteiger partial charge in [0.25, 0.3) is 5.91 Å². The van der Waals surface area contributed by atoms with Gasteiger partial charge in [0.1, 0.15) is 11.5 Å². The van der Waals surface area contributed by atoms with Crippen molar-refractivity contribution >= 4 is 28.4 Å². The summed E-state index contributed by atoms with van der Waals surface area (Å²) in [7, 11) is 3.49. The van der Waals surface area contributed by atoms with Crippen LogP contribution >= 0.6 is 0 Å². The third-order valence-electron chi connectivity index (χ3n) is 8.31. The number of amides is 2. The van der Waals surface area contributed by atoms with Gasteiger partial charge in [-0.15, -0.1) is 0 Å². The van der Waals surface area contributed by atoms with Crippen LogP contribution in [0.2, 0.25) is 0 Å². The number of piperidine rings is 1. The van der Waals surface area contributed by atoms with Crippen molar-refractivity contribution in [3.8, 4) is 0 Å². The molecule has 228 valence electrons. The summed E-state index contributed by atoms with van der Waals surface area (Å²) < 4.78 is 24.1. The average molecular weight is 589 g/mol. The number of hydrogen-bond acceptors (Lipinski definition) is 5. The Morgan fingerprint density at radius 1 is 1.21 bits per heavy atom. The summed E-state index contributed by atoms with van der Waals surface area (Å²) in [5, 5.41) is 3.77. The summed E-state index contributed by atoms with van der Waals surface area (Å²) in [6, 6.07) is 12.4. The fraction of sp³-hybridized carbons (Fsp3) is 0.424. The number of aromatic nitrogens is 3. The number of anilines is 1. The first-order chi connectivity index (χ1) is 20.7. The van der Waals surface area contributed by atoms with E-state index in [1.165, 1.54) is 6.07 Å². The Kier molecular flexibility index (Phi) is 9.57. The number of halogens is 1. The summed E-state index contributed by atoms with van der Waals surface area (Å²) in [5.41, 5.74) is 11.3. The molecule has 3 N–H and O–H groups in total. The fourth-order valence-corrected chi connectivity index (χ4v) is 6.28. The molecule has 1 aliphatic rings. The van der Waals surface area contributed by atoms with E-state index < -0.39 is 0 Å². The first-order valence-corrected chi connectivity index (χ1v) is 14.9. The second-order valence-electron chi connectivity index (χ2n) is 11.6. The number of imidazole rings is 1. The second kappa shape index (κ2) is 13.5. The molecule has 2 aromatic heterocycles. The van der Waals surface area contributed by atoms with Crippen molar-refractivity contribution in [2.45, 2.75) is 57.5 Å². The Hall–Kier alpha value is -4.02. The van der Waals surface area contributed by atoms with Gasteiger partial charge >= 0.3 is 0 Å². The molecule has 1 aliphatic heterocycles. The maximum atomic E-state index is 15.0. The Balaban J connectivity index is 1.21. The van der Waals surface area contributed by atoms with Gasteiger partial charge in [-0.2, -0.15) is 0 Å². The molecule has 5 rings (SSSR count). The van der Waals surface area contributed by atoms with Crippen molar-refractivity contribution in [3.05, 3.63) is 83.3 Å². The van der Waals surface area contributed by atoms with E-state index >= 15 is 4.39 Å². The van der Waals surface area contributed by atoms with Gasteiger partial charge < -0.3 is 29.8 Å². The Bertz CT molecular complexity index is 1580. The van der Waals surface area contributed by atoms with Gasteiger partial charge in [-0.3, -0.25) is 9.59 Å². The number of carbonyl (C=O) groups excluding carboxylic acids is 2. The lowest BCUT2D eigenvalue weighted by atomic mass is 9.91. The molecule has 1 saturated heterocycles. The second-order valence-corrected chi connectivity index (χ2v) is 11.6. The standard InChI is InChI=1S/C33H41FN6O3/c1-22-27-8-4-9-28(34)32(27)40(15-6-16-43-3)31(22)24-7-5-14-39(19-24)30(41)18-25(35)17-23-10-12-26(13-11-23)37-33(42)29-20-38(2)21-36-29/h4,8-13,20-21,24-25H,5-7,14-19,35H2,1-3H3,(H,37,42)/t24-,25+/m0/s1. The van der Waals surface area contributed by atoms with E-state index in [1.807, 2.05) is 42.3 Å². The lowest BCUT2D eigenvalue weighted by molar-refractivity contribution is -0.132. The average Bonchev–Trinajstić information content (AvgIpc) is 3.55. The number of methoxy groups -OCH3 is 1. The SMILES string of the molecule is COCCCn1c([C@H]2CCCN(C(=O)C[C@H](N)Cc3ccc(NC(=O)c4cn(C)cn4)cc3)C2)c(C)c2cccc(F)c21. The number of fused-ring (bicyclic) bond motifs is 1. The van der Waals surface area contributed by atoms with Crippen molar-refractivity contribution < 1.29 is 18.7 Å². The number of benzene rings is 2. The predicted molar refractivity (Wildman–Crippen MR) is 166 cm³/mol. The van der Waals surface area contributed by atoms with Crippen molar-refractivity contribution in [1.29, 1.82) is 0 Å². The van der Waals surface area contributed by atoms with Crippen LogP contribution < -0.4 is 11.1 Å². The topological polar surface area (TPSA) is 107 Å². The van der Waals surface area contributed by atoms with Crippen molar-refractivity contribution in [1.82, 2.24) is 19.0 Å². The van der Waals surface area contributed by atoms with Gasteiger partial charge in [-0.1, -0.05) is 24.3 Å². The number of likely N-dealkylation sites (tertiary alicyclic amines) is 1. The zero-order valence-corrected chi connectivity index (χ0v) is 25.2. The minimum Gasteiger partial charge on any atom is -0.385 e. The van der Waals surface area contributed by atoms with Crippen LogP contribution in [-0.4, -0.2) is 63.7 Å². The molecule has 43 heavy (non-hydrogen) atoms. The van der Waals surface area contributed by atoms with Crippen LogP contribution in [0.3, 0.4) is 0 Å². The van der Waals surface area contributed by atoms with E-state index in [9.17, 15) is 9.59 Å². The number of nitrogens with one attached hydrogen (secondary N) is 1. The number of hydrogen-bond donors (Lipinski definition) is 2. The zero-order chi connectivity index (χ0) is 30.5. The lowest BCUT2D eigenvalue weighted by Crippen LogP contribution is -2.42. The van der Waals surface area contributed by atoms with E-state index in [-0.39, 0.29) is 36.0 Å². The number of carbonyl (C=O) groups is 2. The van der Waals surface area contributed by atoms with E-state index in [2.05, 4.69) is 21.8 Å². The van der Waals surface area contributed by atoms with Crippen LogP contribution in [0.1, 0.15) is 58.9 Å². The van der Waals surface area contributed by atoms with Crippen LogP contribution in [-0.2, 0) is 29.5 Å². The normalized spacial score (nSPS) is 16.0. The Morgan fingerprint density at radius 2 is 2.00 bits per heavy atom. The molecular formula is C33H41FN6O3. The summed E-state index contributed by atoms with van der Waals surface area (Å²) in [6.07, 6.45) is 6.65. The summed E-state index contributed by atoms with van der Waals surface area (Å²) in [5.74, 6) is -0.326. The molecule has 0 bridgehead atoms. The number of nitrogens with zero attached hydrogens (tertiary/aromatic N) is 4. The first kappa shape index (κ1) is 30.4. The molecule has 10 heteroatoms. The molecule has 0 unspecified atom stereocenters. The summed E-state index contributed by atoms with van der Waals surface area (Å²) >= 11 is 0. The van der Waals surface area contributed by atoms with Crippen molar-refractivity contribution in [2.24, 2.45) is 12.8 Å². The molecule has 2 amide bonds. The zero-order valence-electron chi connectivity index (χ0n) is 25.2. The summed E-state index contributed by atoms with van der Waals surface area (Å²) in [4.78, 5) is 31.8. The van der Waals surface area contributed by atoms with E-state index in [0.29, 0.717) is 49.6 Å².